The van der Waals surface area contributed by atoms with Gasteiger partial charge in [-0.3, -0.25) is 47.4 Å². The molecule has 546 valence electrons. The normalized spacial score (nSPS) is 25.3. The molecule has 0 aliphatic heterocycles. The SMILES string of the molecule is CCOC(=O)Cn1nc(C(F)F)c2c1C(F)(F)C1CC21.CCOC(=O)Cn1nc(C(F)F)c2c1C(F)(F)[C@@H]1C[C@H]21.CCOC(=O)Cn1nc(C(F)F)c2c1C(F)(F)[C@@H]1C[C@H]21.CCOC(=O)Cn1nc(C(F)F)c2c1C(F)(F)[C@H]1C[C@@H]21.O=C(O)Cn1nc(C(F)F)c2c1C(F)(F)[C@@H]1C[C@H]21.[Li+].[OH-]. The predicted molar refractivity (Wildman–Crippen MR) is 286 cm³/mol. The maximum Gasteiger partial charge on any atom is 1.00 e. The number of carbonyl (C=O) groups is 5. The molecule has 42 heteroatoms. The van der Waals surface area contributed by atoms with E-state index in [4.69, 9.17) is 5.11 Å². The molecule has 5 saturated carbocycles. The van der Waals surface area contributed by atoms with E-state index in [2.05, 4.69) is 44.4 Å². The van der Waals surface area contributed by atoms with Crippen LogP contribution in [0.3, 0.4) is 0 Å². The van der Waals surface area contributed by atoms with Crippen LogP contribution in [0.1, 0.15) is 206 Å². The van der Waals surface area contributed by atoms with E-state index in [0.29, 0.717) is 23.4 Å². The van der Waals surface area contributed by atoms with Gasteiger partial charge in [-0.25, -0.2) is 43.9 Å². The van der Waals surface area contributed by atoms with Crippen LogP contribution < -0.4 is 18.9 Å². The Hall–Kier alpha value is -7.44. The molecule has 5 aromatic rings. The summed E-state index contributed by atoms with van der Waals surface area (Å²) in [6.07, 6.45) is -13.7. The second-order valence-electron chi connectivity index (χ2n) is 24.5. The molecule has 0 spiro atoms. The van der Waals surface area contributed by atoms with Crippen molar-refractivity contribution in [2.24, 2.45) is 29.6 Å². The van der Waals surface area contributed by atoms with E-state index in [1.54, 1.807) is 27.7 Å². The van der Waals surface area contributed by atoms with Crippen LogP contribution in [0.5, 0.6) is 0 Å². The molecule has 100 heavy (non-hydrogen) atoms. The molecule has 5 fully saturated rings. The number of hydrogen-bond acceptors (Lipinski definition) is 15. The Bertz CT molecular complexity index is 3590. The van der Waals surface area contributed by atoms with Crippen molar-refractivity contribution in [3.8, 4) is 0 Å². The number of alkyl halides is 20. The van der Waals surface area contributed by atoms with E-state index in [9.17, 15) is 112 Å². The summed E-state index contributed by atoms with van der Waals surface area (Å²) in [5, 5.41) is 26.0. The van der Waals surface area contributed by atoms with Crippen LogP contribution in [-0.2, 0) is 105 Å². The number of esters is 4. The molecule has 5 heterocycles. The molecule has 15 rings (SSSR count). The second kappa shape index (κ2) is 27.4. The fourth-order valence-corrected chi connectivity index (χ4v) is 14.3. The summed E-state index contributed by atoms with van der Waals surface area (Å²) in [5.41, 5.74) is -6.44. The molecule has 2 unspecified atom stereocenters. The van der Waals surface area contributed by atoms with Gasteiger partial charge in [-0.05, 0) is 89.4 Å². The van der Waals surface area contributed by atoms with Gasteiger partial charge in [0.1, 0.15) is 89.7 Å². The van der Waals surface area contributed by atoms with Crippen molar-refractivity contribution in [2.45, 2.75) is 184 Å². The first-order chi connectivity index (χ1) is 45.8. The number of aliphatic carboxylic acids is 1. The number of carbonyl (C=O) groups excluding carboxylic acids is 4. The maximum atomic E-state index is 14.1. The first-order valence-electron chi connectivity index (χ1n) is 30.5. The van der Waals surface area contributed by atoms with Crippen molar-refractivity contribution < 1.29 is 160 Å². The van der Waals surface area contributed by atoms with Gasteiger partial charge in [-0.2, -0.15) is 69.4 Å². The Balaban J connectivity index is 0.000000145. The minimum atomic E-state index is -3.25. The average Bonchev–Trinajstić information content (AvgIpc) is 1.56. The molecular formula is C58H57F20LiN10O11. The van der Waals surface area contributed by atoms with Crippen LogP contribution in [0.4, 0.5) is 87.8 Å². The molecule has 10 atom stereocenters. The number of rotatable bonds is 19. The van der Waals surface area contributed by atoms with Gasteiger partial charge in [-0.15, -0.1) is 0 Å². The molecule has 10 aliphatic carbocycles. The van der Waals surface area contributed by atoms with E-state index < -0.39 is 240 Å². The van der Waals surface area contributed by atoms with Gasteiger partial charge in [0.05, 0.1) is 26.4 Å². The molecule has 0 saturated heterocycles. The third-order valence-electron chi connectivity index (χ3n) is 18.5. The molecule has 0 bridgehead atoms. The summed E-state index contributed by atoms with van der Waals surface area (Å²) in [7, 11) is 0. The van der Waals surface area contributed by atoms with Crippen molar-refractivity contribution >= 4 is 29.8 Å². The van der Waals surface area contributed by atoms with Gasteiger partial charge in [-0.1, -0.05) is 0 Å². The maximum absolute atomic E-state index is 14.1. The van der Waals surface area contributed by atoms with Crippen molar-refractivity contribution in [3.63, 3.8) is 0 Å². The zero-order chi connectivity index (χ0) is 71.9. The van der Waals surface area contributed by atoms with Crippen LogP contribution in [0.25, 0.3) is 0 Å². The van der Waals surface area contributed by atoms with E-state index in [1.165, 1.54) is 0 Å². The largest absolute Gasteiger partial charge is 1.00 e. The summed E-state index contributed by atoms with van der Waals surface area (Å²) in [6, 6.07) is 0. The van der Waals surface area contributed by atoms with Crippen molar-refractivity contribution in [2.75, 3.05) is 26.4 Å². The number of ether oxygens (including phenoxy) is 4. The molecule has 2 N–H and O–H groups in total. The molecule has 21 nitrogen and oxygen atoms in total. The topological polar surface area (TPSA) is 262 Å². The Morgan fingerprint density at radius 2 is 0.520 bits per heavy atom. The Kier molecular flexibility index (Phi) is 21.0. The summed E-state index contributed by atoms with van der Waals surface area (Å²) in [6.45, 7) is 3.52. The number of nitrogens with zero attached hydrogens (tertiary/aromatic N) is 10. The Morgan fingerprint density at radius 1 is 0.360 bits per heavy atom. The fraction of sp³-hybridized carbons (Fsp3) is 0.655. The van der Waals surface area contributed by atoms with Crippen LogP contribution in [0.2, 0.25) is 0 Å². The Morgan fingerprint density at radius 3 is 0.660 bits per heavy atom. The minimum Gasteiger partial charge on any atom is -0.870 e. The van der Waals surface area contributed by atoms with E-state index >= 15 is 0 Å². The third-order valence-corrected chi connectivity index (χ3v) is 18.5. The van der Waals surface area contributed by atoms with Crippen molar-refractivity contribution in [1.82, 2.24) is 48.9 Å². The van der Waals surface area contributed by atoms with Gasteiger partial charge in [0, 0.05) is 57.4 Å². The van der Waals surface area contributed by atoms with Gasteiger partial charge >= 0.3 is 48.7 Å². The number of carboxylic acid groups (broad SMARTS) is 1. The monoisotopic (exact) mass is 1460 g/mol. The molecule has 5 aromatic heterocycles. The fourth-order valence-electron chi connectivity index (χ4n) is 14.3. The molecule has 0 aromatic carbocycles. The number of carboxylic acids is 1. The number of aromatic nitrogens is 10. The van der Waals surface area contributed by atoms with Gasteiger partial charge in [0.25, 0.3) is 61.7 Å². The summed E-state index contributed by atoms with van der Waals surface area (Å²) in [4.78, 5) is 56.1. The quantitative estimate of drug-likeness (QED) is 0.0349. The summed E-state index contributed by atoms with van der Waals surface area (Å²) >= 11 is 0. The zero-order valence-electron chi connectivity index (χ0n) is 52.7. The Labute approximate surface area is 561 Å². The molecular weight excluding hydrogens is 1400 g/mol. The first kappa shape index (κ1) is 76.7. The van der Waals surface area contributed by atoms with E-state index in [1.807, 2.05) is 0 Å². The van der Waals surface area contributed by atoms with Crippen LogP contribution in [0, 0.1) is 29.6 Å². The smallest absolute Gasteiger partial charge is 0.870 e. The molecule has 0 radical (unpaired) electrons. The minimum absolute atomic E-state index is 0. The van der Waals surface area contributed by atoms with Crippen LogP contribution >= 0.6 is 0 Å². The zero-order valence-corrected chi connectivity index (χ0v) is 52.7. The summed E-state index contributed by atoms with van der Waals surface area (Å²) < 4.78 is 291. The van der Waals surface area contributed by atoms with E-state index in [0.717, 1.165) is 0 Å². The average molecular weight is 1460 g/mol. The number of halogens is 20. The second-order valence-corrected chi connectivity index (χ2v) is 24.5. The summed E-state index contributed by atoms with van der Waals surface area (Å²) in [5.74, 6) is -28.0. The van der Waals surface area contributed by atoms with Gasteiger partial charge in [0.2, 0.25) is 0 Å². The number of hydrogen-bond donors (Lipinski definition) is 1. The van der Waals surface area contributed by atoms with Gasteiger partial charge < -0.3 is 29.5 Å². The molecule has 0 amide bonds. The van der Waals surface area contributed by atoms with Crippen LogP contribution in [-0.4, -0.2) is 116 Å². The third kappa shape index (κ3) is 13.2. The van der Waals surface area contributed by atoms with Crippen LogP contribution in [0.15, 0.2) is 0 Å². The predicted octanol–water partition coefficient (Wildman–Crippen LogP) is 9.31. The van der Waals surface area contributed by atoms with E-state index in [-0.39, 0.29) is 111 Å². The number of fused-ring (bicyclic) bond motifs is 15. The van der Waals surface area contributed by atoms with Gasteiger partial charge in [0.15, 0.2) is 0 Å². The molecule has 10 aliphatic rings. The standard InChI is InChI=1S/4C12H12F4N2O2.C10H8F4N2O2.Li.H2O/c4*1-2-20-7(19)4-18-10-8(9(17-18)11(13)14)5-3-6(5)12(10,15)16;11-9(12)7-6-3-1-4(3)10(13,14)8(6)16(15-7)2-5(17)18;;/h4*5-6,11H,2-4H2,1H3;3-4,9H,1-2H2,(H,17,18);;1H2/q;;;;;+1;/p-1/t3*5-,6+;;3-,4+;;/m100.0../s1. The first-order valence-corrected chi connectivity index (χ1v) is 30.5. The van der Waals surface area contributed by atoms with Crippen molar-refractivity contribution in [1.29, 1.82) is 0 Å². The van der Waals surface area contributed by atoms with Crippen molar-refractivity contribution in [3.05, 3.63) is 84.8 Å².